The van der Waals surface area contributed by atoms with E-state index in [0.717, 1.165) is 38.9 Å². The predicted octanol–water partition coefficient (Wildman–Crippen LogP) is 6.72. The van der Waals surface area contributed by atoms with E-state index in [0.29, 0.717) is 0 Å². The number of carboxylic acid groups (broad SMARTS) is 1. The zero-order valence-corrected chi connectivity index (χ0v) is 25.1. The Morgan fingerprint density at radius 2 is 1.09 bits per heavy atom. The molecule has 5 aromatic rings. The summed E-state index contributed by atoms with van der Waals surface area (Å²) in [6, 6.07) is 44.8. The predicted molar refractivity (Wildman–Crippen MR) is 176 cm³/mol. The lowest BCUT2D eigenvalue weighted by molar-refractivity contribution is -0.144. The minimum atomic E-state index is -1.20. The fourth-order valence-corrected chi connectivity index (χ4v) is 6.37. The quantitative estimate of drug-likeness (QED) is 0.144. The Bertz CT molecular complexity index is 1680. The molecule has 0 heterocycles. The summed E-state index contributed by atoms with van der Waals surface area (Å²) in [6.45, 7) is -0.166. The normalized spacial score (nSPS) is 12.8. The number of alkyl carbamates (subject to hydrolysis) is 1. The highest BCUT2D eigenvalue weighted by molar-refractivity contribution is 5.84. The number of carbonyl (C=O) groups excluding carboxylic acids is 2. The van der Waals surface area contributed by atoms with E-state index >= 15 is 0 Å². The lowest BCUT2D eigenvalue weighted by atomic mass is 9.76. The van der Waals surface area contributed by atoms with Gasteiger partial charge in [-0.25, -0.2) is 4.79 Å². The molecule has 0 saturated carbocycles. The van der Waals surface area contributed by atoms with Crippen LogP contribution in [0.2, 0.25) is 0 Å². The smallest absolute Gasteiger partial charge is 0.407 e. The number of carboxylic acids is 1. The van der Waals surface area contributed by atoms with Crippen LogP contribution in [0.25, 0.3) is 11.1 Å². The van der Waals surface area contributed by atoms with Gasteiger partial charge in [-0.3, -0.25) is 9.59 Å². The summed E-state index contributed by atoms with van der Waals surface area (Å²) in [5.74, 6) is -2.97. The molecular weight excluding hydrogens is 576 g/mol. The molecule has 0 fully saturated rings. The van der Waals surface area contributed by atoms with Gasteiger partial charge >= 0.3 is 12.1 Å². The Hall–Kier alpha value is -5.69. The second-order valence-electron chi connectivity index (χ2n) is 11.3. The van der Waals surface area contributed by atoms with E-state index in [1.54, 1.807) is 0 Å². The first-order valence-electron chi connectivity index (χ1n) is 15.3. The molecule has 1 aliphatic carbocycles. The van der Waals surface area contributed by atoms with Crippen LogP contribution in [0.4, 0.5) is 4.79 Å². The number of nitrogens with one attached hydrogen (secondary N) is 2. The standard InChI is InChI=1S/C39H34N2O5/c42-36(41-39(28-14-4-1-5-15-28,29-16-6-2-7-17-29)30-18-8-3-9-19-30)24-27(37(43)44)25-40-38(45)46-26-35-33-22-12-10-20-31(33)32-21-11-13-23-34(32)35/h1-23,27,35H,24-26H2,(H,40,45)(H,41,42)(H,43,44)/t27-/m0/s1. The topological polar surface area (TPSA) is 105 Å². The van der Waals surface area contributed by atoms with Crippen molar-refractivity contribution in [1.82, 2.24) is 10.6 Å². The number of hydrogen-bond donors (Lipinski definition) is 3. The minimum Gasteiger partial charge on any atom is -0.481 e. The highest BCUT2D eigenvalue weighted by Crippen LogP contribution is 2.44. The molecule has 6 rings (SSSR count). The van der Waals surface area contributed by atoms with Crippen LogP contribution in [0, 0.1) is 5.92 Å². The molecule has 7 nitrogen and oxygen atoms in total. The average molecular weight is 611 g/mol. The van der Waals surface area contributed by atoms with Crippen molar-refractivity contribution in [3.8, 4) is 11.1 Å². The van der Waals surface area contributed by atoms with Gasteiger partial charge in [-0.2, -0.15) is 0 Å². The number of rotatable bonds is 11. The summed E-state index contributed by atoms with van der Waals surface area (Å²) >= 11 is 0. The maximum Gasteiger partial charge on any atom is 0.407 e. The van der Waals surface area contributed by atoms with Crippen LogP contribution in [-0.2, 0) is 19.9 Å². The molecule has 230 valence electrons. The molecule has 0 bridgehead atoms. The van der Waals surface area contributed by atoms with Crippen LogP contribution in [0.15, 0.2) is 140 Å². The number of fused-ring (bicyclic) bond motifs is 3. The van der Waals surface area contributed by atoms with E-state index in [9.17, 15) is 19.5 Å². The Kier molecular flexibility index (Phi) is 8.92. The van der Waals surface area contributed by atoms with Gasteiger partial charge < -0.3 is 20.5 Å². The summed E-state index contributed by atoms with van der Waals surface area (Å²) in [4.78, 5) is 38.8. The molecule has 7 heteroatoms. The maximum atomic E-state index is 13.8. The van der Waals surface area contributed by atoms with E-state index in [1.165, 1.54) is 0 Å². The van der Waals surface area contributed by atoms with Crippen LogP contribution >= 0.6 is 0 Å². The molecule has 0 unspecified atom stereocenters. The fraction of sp³-hybridized carbons (Fsp3) is 0.154. The summed E-state index contributed by atoms with van der Waals surface area (Å²) in [6.07, 6.45) is -1.09. The van der Waals surface area contributed by atoms with Gasteiger partial charge in [0.1, 0.15) is 12.1 Å². The Morgan fingerprint density at radius 3 is 1.54 bits per heavy atom. The van der Waals surface area contributed by atoms with E-state index in [1.807, 2.05) is 127 Å². The van der Waals surface area contributed by atoms with Crippen molar-refractivity contribution in [2.45, 2.75) is 17.9 Å². The lowest BCUT2D eigenvalue weighted by Gasteiger charge is -2.37. The number of hydrogen-bond acceptors (Lipinski definition) is 4. The van der Waals surface area contributed by atoms with Crippen LogP contribution in [0.1, 0.15) is 40.2 Å². The van der Waals surface area contributed by atoms with Crippen molar-refractivity contribution >= 4 is 18.0 Å². The Labute approximate surface area is 267 Å². The van der Waals surface area contributed by atoms with E-state index < -0.39 is 29.4 Å². The van der Waals surface area contributed by atoms with Crippen molar-refractivity contribution in [3.05, 3.63) is 167 Å². The number of ether oxygens (including phenoxy) is 1. The van der Waals surface area contributed by atoms with Gasteiger partial charge in [-0.15, -0.1) is 0 Å². The van der Waals surface area contributed by atoms with Crippen LogP contribution in [0.3, 0.4) is 0 Å². The number of benzene rings is 5. The summed E-state index contributed by atoms with van der Waals surface area (Å²) < 4.78 is 5.59. The molecule has 0 saturated heterocycles. The average Bonchev–Trinajstić information content (AvgIpc) is 3.42. The van der Waals surface area contributed by atoms with Gasteiger partial charge in [0, 0.05) is 18.9 Å². The molecule has 0 aliphatic heterocycles. The van der Waals surface area contributed by atoms with Gasteiger partial charge in [-0.05, 0) is 38.9 Å². The summed E-state index contributed by atoms with van der Waals surface area (Å²) in [5, 5.41) is 15.8. The van der Waals surface area contributed by atoms with Crippen LogP contribution in [-0.4, -0.2) is 36.2 Å². The second kappa shape index (κ2) is 13.5. The largest absolute Gasteiger partial charge is 0.481 e. The summed E-state index contributed by atoms with van der Waals surface area (Å²) in [7, 11) is 0. The van der Waals surface area contributed by atoms with E-state index in [-0.39, 0.29) is 25.5 Å². The van der Waals surface area contributed by atoms with Gasteiger partial charge in [0.2, 0.25) is 5.91 Å². The zero-order chi connectivity index (χ0) is 31.9. The molecule has 0 spiro atoms. The number of carbonyl (C=O) groups is 3. The van der Waals surface area contributed by atoms with Gasteiger partial charge in [-0.1, -0.05) is 140 Å². The Morgan fingerprint density at radius 1 is 0.652 bits per heavy atom. The first-order chi connectivity index (χ1) is 22.5. The monoisotopic (exact) mass is 610 g/mol. The van der Waals surface area contributed by atoms with Gasteiger partial charge in [0.25, 0.3) is 0 Å². The highest BCUT2D eigenvalue weighted by atomic mass is 16.5. The van der Waals surface area contributed by atoms with E-state index in [2.05, 4.69) is 22.8 Å². The fourth-order valence-electron chi connectivity index (χ4n) is 6.37. The Balaban J connectivity index is 1.16. The molecule has 1 aliphatic rings. The molecule has 46 heavy (non-hydrogen) atoms. The third-order valence-electron chi connectivity index (χ3n) is 8.56. The zero-order valence-electron chi connectivity index (χ0n) is 25.1. The van der Waals surface area contributed by atoms with Gasteiger partial charge in [0.15, 0.2) is 0 Å². The maximum absolute atomic E-state index is 13.8. The highest BCUT2D eigenvalue weighted by Gasteiger charge is 2.38. The molecule has 2 amide bonds. The van der Waals surface area contributed by atoms with Crippen molar-refractivity contribution < 1.29 is 24.2 Å². The first kappa shape index (κ1) is 30.3. The van der Waals surface area contributed by atoms with Crippen LogP contribution < -0.4 is 10.6 Å². The summed E-state index contributed by atoms with van der Waals surface area (Å²) in [5.41, 5.74) is 5.77. The van der Waals surface area contributed by atoms with Crippen LogP contribution in [0.5, 0.6) is 0 Å². The SMILES string of the molecule is O=C(C[C@@H](CNC(=O)OCC1c2ccccc2-c2ccccc21)C(=O)O)NC(c1ccccc1)(c1ccccc1)c1ccccc1. The van der Waals surface area contributed by atoms with Crippen molar-refractivity contribution in [3.63, 3.8) is 0 Å². The van der Waals surface area contributed by atoms with E-state index in [4.69, 9.17) is 4.74 Å². The van der Waals surface area contributed by atoms with Crippen molar-refractivity contribution in [2.24, 2.45) is 5.92 Å². The second-order valence-corrected chi connectivity index (χ2v) is 11.3. The molecule has 1 atom stereocenters. The molecule has 0 radical (unpaired) electrons. The molecule has 0 aromatic heterocycles. The van der Waals surface area contributed by atoms with Crippen molar-refractivity contribution in [1.29, 1.82) is 0 Å². The molecule has 5 aromatic carbocycles. The minimum absolute atomic E-state index is 0.103. The number of aliphatic carboxylic acids is 1. The molecular formula is C39H34N2O5. The third-order valence-corrected chi connectivity index (χ3v) is 8.56. The third kappa shape index (κ3) is 6.13. The van der Waals surface area contributed by atoms with Gasteiger partial charge in [0.05, 0.1) is 5.92 Å². The lowest BCUT2D eigenvalue weighted by Crippen LogP contribution is -2.49. The number of amides is 2. The first-order valence-corrected chi connectivity index (χ1v) is 15.3. The molecule has 3 N–H and O–H groups in total. The van der Waals surface area contributed by atoms with Crippen molar-refractivity contribution in [2.75, 3.05) is 13.2 Å².